The summed E-state index contributed by atoms with van der Waals surface area (Å²) in [6.45, 7) is 3.31. The number of amides is 2. The Morgan fingerprint density at radius 3 is 2.95 bits per heavy atom. The standard InChI is InChI=1S/C14H21N3O2S2/c1-10(13(19)15-6-7-16(2)3)17-12(18)9-21-14(17)11-5-4-8-20-11/h4-5,8,10,14H,6-7,9H2,1-3H3,(H,15,19)/p+1/t10-,14+/m0/s1. The molecule has 0 bridgehead atoms. The van der Waals surface area contributed by atoms with Crippen LogP contribution in [0.4, 0.5) is 0 Å². The van der Waals surface area contributed by atoms with Crippen molar-refractivity contribution in [1.29, 1.82) is 0 Å². The molecule has 0 spiro atoms. The first-order chi connectivity index (χ1) is 10.0. The summed E-state index contributed by atoms with van der Waals surface area (Å²) in [7, 11) is 4.09. The molecule has 2 rings (SSSR count). The number of nitrogens with zero attached hydrogens (tertiary/aromatic N) is 1. The van der Waals surface area contributed by atoms with Crippen molar-refractivity contribution in [2.75, 3.05) is 32.9 Å². The van der Waals surface area contributed by atoms with Crippen molar-refractivity contribution in [2.24, 2.45) is 0 Å². The van der Waals surface area contributed by atoms with Crippen molar-refractivity contribution in [3.8, 4) is 0 Å². The molecule has 1 fully saturated rings. The summed E-state index contributed by atoms with van der Waals surface area (Å²) in [5, 5.41) is 4.89. The molecule has 0 saturated carbocycles. The van der Waals surface area contributed by atoms with E-state index in [4.69, 9.17) is 0 Å². The maximum atomic E-state index is 12.3. The molecule has 0 unspecified atom stereocenters. The first-order valence-corrected chi connectivity index (χ1v) is 8.96. The Bertz CT molecular complexity index is 490. The number of likely N-dealkylation sites (N-methyl/N-ethyl adjacent to an activating group) is 1. The zero-order valence-corrected chi connectivity index (χ0v) is 14.2. The van der Waals surface area contributed by atoms with Crippen molar-refractivity contribution in [3.63, 3.8) is 0 Å². The molecule has 21 heavy (non-hydrogen) atoms. The van der Waals surface area contributed by atoms with Gasteiger partial charge in [-0.25, -0.2) is 0 Å². The van der Waals surface area contributed by atoms with Crippen LogP contribution in [-0.4, -0.2) is 55.7 Å². The summed E-state index contributed by atoms with van der Waals surface area (Å²) in [4.78, 5) is 28.5. The third kappa shape index (κ3) is 3.99. The lowest BCUT2D eigenvalue weighted by molar-refractivity contribution is -0.856. The van der Waals surface area contributed by atoms with Gasteiger partial charge in [0, 0.05) is 4.88 Å². The fraction of sp³-hybridized carbons (Fsp3) is 0.571. The van der Waals surface area contributed by atoms with Crippen molar-refractivity contribution in [1.82, 2.24) is 10.2 Å². The highest BCUT2D eigenvalue weighted by Crippen LogP contribution is 2.41. The zero-order chi connectivity index (χ0) is 15.4. The smallest absolute Gasteiger partial charge is 0.242 e. The van der Waals surface area contributed by atoms with E-state index in [0.29, 0.717) is 12.3 Å². The van der Waals surface area contributed by atoms with Gasteiger partial charge in [-0.15, -0.1) is 23.1 Å². The van der Waals surface area contributed by atoms with Gasteiger partial charge in [0.2, 0.25) is 11.8 Å². The normalized spacial score (nSPS) is 20.1. The number of quaternary nitrogens is 1. The Balaban J connectivity index is 2.00. The minimum absolute atomic E-state index is 0.0299. The van der Waals surface area contributed by atoms with E-state index in [1.165, 1.54) is 4.90 Å². The van der Waals surface area contributed by atoms with Gasteiger partial charge in [-0.3, -0.25) is 9.59 Å². The molecule has 2 N–H and O–H groups in total. The molecule has 2 amide bonds. The third-order valence-electron chi connectivity index (χ3n) is 3.41. The lowest BCUT2D eigenvalue weighted by atomic mass is 10.2. The molecule has 0 aliphatic carbocycles. The van der Waals surface area contributed by atoms with Crippen molar-refractivity contribution in [2.45, 2.75) is 18.3 Å². The lowest BCUT2D eigenvalue weighted by Gasteiger charge is -2.28. The molecule has 5 nitrogen and oxygen atoms in total. The third-order valence-corrected chi connectivity index (χ3v) is 5.70. The monoisotopic (exact) mass is 328 g/mol. The second kappa shape index (κ2) is 7.29. The van der Waals surface area contributed by atoms with Crippen LogP contribution >= 0.6 is 23.1 Å². The molecule has 0 radical (unpaired) electrons. The van der Waals surface area contributed by atoms with Crippen LogP contribution in [0.5, 0.6) is 0 Å². The predicted molar refractivity (Wildman–Crippen MR) is 86.5 cm³/mol. The van der Waals surface area contributed by atoms with Gasteiger partial charge in [0.05, 0.1) is 32.9 Å². The van der Waals surface area contributed by atoms with E-state index in [9.17, 15) is 9.59 Å². The highest BCUT2D eigenvalue weighted by molar-refractivity contribution is 8.00. The first kappa shape index (κ1) is 16.3. The van der Waals surface area contributed by atoms with E-state index in [1.54, 1.807) is 28.0 Å². The fourth-order valence-electron chi connectivity index (χ4n) is 2.22. The van der Waals surface area contributed by atoms with Gasteiger partial charge in [0.1, 0.15) is 11.4 Å². The number of thioether (sulfide) groups is 1. The van der Waals surface area contributed by atoms with E-state index < -0.39 is 6.04 Å². The highest BCUT2D eigenvalue weighted by Gasteiger charge is 2.39. The Labute approximate surface area is 133 Å². The molecule has 2 atom stereocenters. The Morgan fingerprint density at radius 1 is 1.57 bits per heavy atom. The summed E-state index contributed by atoms with van der Waals surface area (Å²) in [6, 6.07) is 3.57. The fourth-order valence-corrected chi connectivity index (χ4v) is 4.44. The average molecular weight is 328 g/mol. The summed E-state index contributed by atoms with van der Waals surface area (Å²) in [5.41, 5.74) is 0. The first-order valence-electron chi connectivity index (χ1n) is 7.03. The minimum atomic E-state index is -0.434. The molecular weight excluding hydrogens is 306 g/mol. The molecule has 116 valence electrons. The lowest BCUT2D eigenvalue weighted by Crippen LogP contribution is -3.06. The van der Waals surface area contributed by atoms with Gasteiger partial charge in [-0.05, 0) is 18.4 Å². The second-order valence-corrected chi connectivity index (χ2v) is 7.45. The van der Waals surface area contributed by atoms with E-state index in [2.05, 4.69) is 5.32 Å². The van der Waals surface area contributed by atoms with Gasteiger partial charge >= 0.3 is 0 Å². The predicted octanol–water partition coefficient (Wildman–Crippen LogP) is -0.0287. The number of rotatable bonds is 6. The zero-order valence-electron chi connectivity index (χ0n) is 12.6. The topological polar surface area (TPSA) is 53.9 Å². The van der Waals surface area contributed by atoms with Crippen LogP contribution in [0.25, 0.3) is 0 Å². The maximum absolute atomic E-state index is 12.3. The summed E-state index contributed by atoms with van der Waals surface area (Å²) in [5.74, 6) is 0.412. The van der Waals surface area contributed by atoms with Gasteiger partial charge in [0.25, 0.3) is 0 Å². The number of nitrogens with one attached hydrogen (secondary N) is 2. The summed E-state index contributed by atoms with van der Waals surface area (Å²) < 4.78 is 0. The van der Waals surface area contributed by atoms with E-state index >= 15 is 0 Å². The van der Waals surface area contributed by atoms with Crippen molar-refractivity contribution >= 4 is 34.9 Å². The second-order valence-electron chi connectivity index (χ2n) is 5.40. The minimum Gasteiger partial charge on any atom is -0.349 e. The number of thiophene rings is 1. The molecule has 2 heterocycles. The number of hydrogen-bond acceptors (Lipinski definition) is 4. The van der Waals surface area contributed by atoms with Gasteiger partial charge in [0.15, 0.2) is 0 Å². The van der Waals surface area contributed by atoms with E-state index in [1.807, 2.05) is 38.5 Å². The van der Waals surface area contributed by atoms with Crippen LogP contribution in [0.2, 0.25) is 0 Å². The maximum Gasteiger partial charge on any atom is 0.242 e. The van der Waals surface area contributed by atoms with Gasteiger partial charge < -0.3 is 15.1 Å². The molecule has 1 aromatic heterocycles. The summed E-state index contributed by atoms with van der Waals surface area (Å²) >= 11 is 3.22. The quantitative estimate of drug-likeness (QED) is 0.771. The molecular formula is C14H22N3O2S2+. The molecule has 1 aliphatic rings. The molecule has 1 aliphatic heterocycles. The molecule has 0 aromatic carbocycles. The molecule has 1 saturated heterocycles. The largest absolute Gasteiger partial charge is 0.349 e. The summed E-state index contributed by atoms with van der Waals surface area (Å²) in [6.07, 6.45) is 0. The van der Waals surface area contributed by atoms with Gasteiger partial charge in [-0.1, -0.05) is 6.07 Å². The van der Waals surface area contributed by atoms with Gasteiger partial charge in [-0.2, -0.15) is 0 Å². The average Bonchev–Trinajstić information content (AvgIpc) is 3.06. The van der Waals surface area contributed by atoms with Crippen LogP contribution in [0.3, 0.4) is 0 Å². The Hall–Kier alpha value is -1.05. The van der Waals surface area contributed by atoms with Crippen LogP contribution < -0.4 is 10.2 Å². The highest BCUT2D eigenvalue weighted by atomic mass is 32.2. The Morgan fingerprint density at radius 2 is 2.33 bits per heavy atom. The van der Waals surface area contributed by atoms with E-state index in [-0.39, 0.29) is 17.2 Å². The SMILES string of the molecule is C[C@@H](C(=O)NCC[NH+](C)C)N1C(=O)CS[C@@H]1c1cccs1. The van der Waals surface area contributed by atoms with Crippen molar-refractivity contribution < 1.29 is 14.5 Å². The number of hydrogen-bond donors (Lipinski definition) is 2. The number of carbonyl (C=O) groups excluding carboxylic acids is 2. The van der Waals surface area contributed by atoms with E-state index in [0.717, 1.165) is 11.4 Å². The van der Waals surface area contributed by atoms with Crippen LogP contribution in [0, 0.1) is 0 Å². The van der Waals surface area contributed by atoms with Crippen molar-refractivity contribution in [3.05, 3.63) is 22.4 Å². The number of carbonyl (C=O) groups is 2. The van der Waals surface area contributed by atoms with Crippen LogP contribution in [0.1, 0.15) is 17.2 Å². The van der Waals surface area contributed by atoms with Crippen LogP contribution in [-0.2, 0) is 9.59 Å². The molecule has 7 heteroatoms. The van der Waals surface area contributed by atoms with Crippen LogP contribution in [0.15, 0.2) is 17.5 Å². The Kier molecular flexibility index (Phi) is 5.66. The molecule has 1 aromatic rings.